The van der Waals surface area contributed by atoms with E-state index in [0.29, 0.717) is 10.7 Å². The highest BCUT2D eigenvalue weighted by atomic mass is 32.1. The van der Waals surface area contributed by atoms with Gasteiger partial charge in [0.05, 0.1) is 21.8 Å². The summed E-state index contributed by atoms with van der Waals surface area (Å²) < 4.78 is 6.12. The van der Waals surface area contributed by atoms with Crippen LogP contribution in [0, 0.1) is 11.3 Å². The number of aromatic nitrogens is 1. The monoisotopic (exact) mass is 363 g/mol. The molecule has 0 fully saturated rings. The molecule has 1 aromatic heterocycles. The van der Waals surface area contributed by atoms with Gasteiger partial charge in [-0.3, -0.25) is 5.32 Å². The lowest BCUT2D eigenvalue weighted by Gasteiger charge is -2.18. The molecule has 0 atom stereocenters. The van der Waals surface area contributed by atoms with Gasteiger partial charge in [0.2, 0.25) is 0 Å². The molecule has 7 heteroatoms. The van der Waals surface area contributed by atoms with Crippen LogP contribution in [0.3, 0.4) is 0 Å². The molecule has 0 aliphatic rings. The fourth-order valence-electron chi connectivity index (χ4n) is 2.57. The number of fused-ring (bicyclic) bond motifs is 1. The number of carbonyl (C=O) groups is 1. The van der Waals surface area contributed by atoms with Crippen LogP contribution in [0.1, 0.15) is 26.3 Å². The zero-order valence-corrected chi connectivity index (χ0v) is 15.9. The molecule has 1 N–H and O–H groups in total. The van der Waals surface area contributed by atoms with Gasteiger partial charge in [-0.05, 0) is 38.5 Å². The lowest BCUT2D eigenvalue weighted by Crippen LogP contribution is -2.27. The highest BCUT2D eigenvalue weighted by molar-refractivity contribution is 7.22. The van der Waals surface area contributed by atoms with E-state index in [1.54, 1.807) is 26.8 Å². The third-order valence-electron chi connectivity index (χ3n) is 3.56. The first-order chi connectivity index (χ1) is 12.2. The summed E-state index contributed by atoms with van der Waals surface area (Å²) in [6.45, 7) is 5.42. The van der Waals surface area contributed by atoms with Gasteiger partial charge in [0.25, 0.3) is 0 Å². The Morgan fingerprint density at radius 2 is 2.08 bits per heavy atom. The number of nitriles is 1. The minimum absolute atomic E-state index is 0.443. The van der Waals surface area contributed by atoms with E-state index >= 15 is 0 Å². The van der Waals surface area contributed by atoms with E-state index in [4.69, 9.17) is 4.74 Å². The van der Waals surface area contributed by atoms with E-state index in [2.05, 4.69) is 22.4 Å². The van der Waals surface area contributed by atoms with Gasteiger partial charge in [0.15, 0.2) is 5.13 Å². The van der Waals surface area contributed by atoms with Gasteiger partial charge in [0, 0.05) is 5.56 Å². The van der Waals surface area contributed by atoms with Crippen LogP contribution in [0.2, 0.25) is 0 Å². The standard InChI is InChI=1S/C19H18BN3O2S/c1-19(2,3)25-18(24)23-17-22-16-14(12-5-4-6-13(20)9-12)7-11(10-21)8-15(16)26-17/h4-9H,20H2,1-3H3,(H,22,23,24). The maximum Gasteiger partial charge on any atom is 0.413 e. The third kappa shape index (κ3) is 4.03. The fourth-order valence-corrected chi connectivity index (χ4v) is 3.49. The lowest BCUT2D eigenvalue weighted by molar-refractivity contribution is 0.0636. The first-order valence-electron chi connectivity index (χ1n) is 8.17. The Hall–Kier alpha value is -2.85. The fraction of sp³-hybridized carbons (Fsp3) is 0.211. The summed E-state index contributed by atoms with van der Waals surface area (Å²) in [6.07, 6.45) is -0.547. The highest BCUT2D eigenvalue weighted by Crippen LogP contribution is 2.35. The average Bonchev–Trinajstić information content (AvgIpc) is 2.93. The lowest BCUT2D eigenvalue weighted by atomic mass is 9.92. The molecule has 0 spiro atoms. The number of carbonyl (C=O) groups excluding carboxylic acids is 1. The number of ether oxygens (including phenoxy) is 1. The molecule has 130 valence electrons. The second-order valence-corrected chi connectivity index (χ2v) is 8.03. The maximum absolute atomic E-state index is 12.0. The molecule has 1 amide bonds. The maximum atomic E-state index is 12.0. The largest absolute Gasteiger partial charge is 0.444 e. The Bertz CT molecular complexity index is 1030. The predicted octanol–water partition coefficient (Wildman–Crippen LogP) is 3.44. The van der Waals surface area contributed by atoms with Gasteiger partial charge < -0.3 is 4.74 Å². The topological polar surface area (TPSA) is 75.0 Å². The van der Waals surface area contributed by atoms with Crippen molar-refractivity contribution >= 4 is 46.1 Å². The Morgan fingerprint density at radius 3 is 2.73 bits per heavy atom. The molecule has 0 unspecified atom stereocenters. The third-order valence-corrected chi connectivity index (χ3v) is 4.48. The van der Waals surface area contributed by atoms with Crippen molar-refractivity contribution in [1.82, 2.24) is 4.98 Å². The van der Waals surface area contributed by atoms with Crippen LogP contribution < -0.4 is 10.8 Å². The highest BCUT2D eigenvalue weighted by Gasteiger charge is 2.18. The molecular weight excluding hydrogens is 345 g/mol. The van der Waals surface area contributed by atoms with E-state index < -0.39 is 11.7 Å². The first-order valence-corrected chi connectivity index (χ1v) is 8.98. The summed E-state index contributed by atoms with van der Waals surface area (Å²) >= 11 is 1.32. The second-order valence-electron chi connectivity index (χ2n) is 7.00. The molecule has 0 aliphatic carbocycles. The summed E-state index contributed by atoms with van der Waals surface area (Å²) in [6, 6.07) is 13.8. The summed E-state index contributed by atoms with van der Waals surface area (Å²) in [5.74, 6) is 0. The van der Waals surface area contributed by atoms with Crippen molar-refractivity contribution < 1.29 is 9.53 Å². The van der Waals surface area contributed by atoms with Gasteiger partial charge in [-0.1, -0.05) is 41.1 Å². The van der Waals surface area contributed by atoms with E-state index in [-0.39, 0.29) is 0 Å². The Kier molecular flexibility index (Phi) is 4.70. The van der Waals surface area contributed by atoms with Crippen molar-refractivity contribution in [2.45, 2.75) is 26.4 Å². The molecule has 0 radical (unpaired) electrons. The van der Waals surface area contributed by atoms with Crippen LogP contribution in [0.15, 0.2) is 36.4 Å². The van der Waals surface area contributed by atoms with Crippen molar-refractivity contribution in [3.63, 3.8) is 0 Å². The number of hydrogen-bond acceptors (Lipinski definition) is 5. The van der Waals surface area contributed by atoms with Gasteiger partial charge in [-0.25, -0.2) is 9.78 Å². The van der Waals surface area contributed by atoms with Crippen molar-refractivity contribution in [2.24, 2.45) is 0 Å². The number of nitrogens with zero attached hydrogens (tertiary/aromatic N) is 2. The predicted molar refractivity (Wildman–Crippen MR) is 108 cm³/mol. The zero-order chi connectivity index (χ0) is 18.9. The first kappa shape index (κ1) is 18.0. The van der Waals surface area contributed by atoms with Crippen LogP contribution in [-0.2, 0) is 4.74 Å². The van der Waals surface area contributed by atoms with Crippen LogP contribution in [0.5, 0.6) is 0 Å². The molecular formula is C19H18BN3O2S. The minimum Gasteiger partial charge on any atom is -0.444 e. The van der Waals surface area contributed by atoms with Crippen molar-refractivity contribution in [3.05, 3.63) is 42.0 Å². The summed E-state index contributed by atoms with van der Waals surface area (Å²) in [4.78, 5) is 16.6. The Morgan fingerprint density at radius 1 is 1.31 bits per heavy atom. The summed E-state index contributed by atoms with van der Waals surface area (Å²) in [7, 11) is 2.02. The van der Waals surface area contributed by atoms with Crippen molar-refractivity contribution in [2.75, 3.05) is 5.32 Å². The van der Waals surface area contributed by atoms with Crippen LogP contribution in [0.4, 0.5) is 9.93 Å². The van der Waals surface area contributed by atoms with E-state index in [0.717, 1.165) is 26.8 Å². The van der Waals surface area contributed by atoms with Gasteiger partial charge in [0.1, 0.15) is 13.4 Å². The van der Waals surface area contributed by atoms with Crippen LogP contribution >= 0.6 is 11.3 Å². The molecule has 3 aromatic rings. The molecule has 0 saturated heterocycles. The van der Waals surface area contributed by atoms with E-state index in [1.165, 1.54) is 11.3 Å². The van der Waals surface area contributed by atoms with Gasteiger partial charge >= 0.3 is 6.09 Å². The normalized spacial score (nSPS) is 11.2. The summed E-state index contributed by atoms with van der Waals surface area (Å²) in [5.41, 5.74) is 3.71. The van der Waals surface area contributed by atoms with Crippen molar-refractivity contribution in [1.29, 1.82) is 5.26 Å². The van der Waals surface area contributed by atoms with Gasteiger partial charge in [-0.2, -0.15) is 5.26 Å². The molecule has 1 heterocycles. The number of nitrogens with one attached hydrogen (secondary N) is 1. The SMILES string of the molecule is Bc1cccc(-c2cc(C#N)cc3sc(NC(=O)OC(C)(C)C)nc23)c1. The van der Waals surface area contributed by atoms with Crippen molar-refractivity contribution in [3.8, 4) is 17.2 Å². The van der Waals surface area contributed by atoms with E-state index in [1.807, 2.05) is 32.1 Å². The molecule has 2 aromatic carbocycles. The molecule has 0 saturated carbocycles. The molecule has 5 nitrogen and oxygen atoms in total. The number of thiazole rings is 1. The quantitative estimate of drug-likeness (QED) is 0.708. The van der Waals surface area contributed by atoms with E-state index in [9.17, 15) is 10.1 Å². The minimum atomic E-state index is -0.582. The Balaban J connectivity index is 2.05. The number of anilines is 1. The van der Waals surface area contributed by atoms with Crippen LogP contribution in [-0.4, -0.2) is 24.5 Å². The number of rotatable bonds is 2. The van der Waals surface area contributed by atoms with Gasteiger partial charge in [-0.15, -0.1) is 0 Å². The number of benzene rings is 2. The Labute approximate surface area is 157 Å². The second kappa shape index (κ2) is 6.81. The number of amides is 1. The molecule has 3 rings (SSSR count). The average molecular weight is 363 g/mol. The smallest absolute Gasteiger partial charge is 0.413 e. The zero-order valence-electron chi connectivity index (χ0n) is 15.1. The molecule has 0 aliphatic heterocycles. The number of hydrogen-bond donors (Lipinski definition) is 1. The van der Waals surface area contributed by atoms with Crippen LogP contribution in [0.25, 0.3) is 21.3 Å². The molecule has 0 bridgehead atoms. The summed E-state index contributed by atoms with van der Waals surface area (Å²) in [5, 5.41) is 12.5. The molecule has 26 heavy (non-hydrogen) atoms.